The molecule has 3 N–H and O–H groups in total. The van der Waals surface area contributed by atoms with E-state index in [2.05, 4.69) is 0 Å². The Morgan fingerprint density at radius 2 is 1.94 bits per heavy atom. The molecule has 0 amide bonds. The Kier molecular flexibility index (Phi) is 4.16. The summed E-state index contributed by atoms with van der Waals surface area (Å²) in [6.07, 6.45) is 0.614. The third-order valence-electron chi connectivity index (χ3n) is 2.94. The predicted molar refractivity (Wildman–Crippen MR) is 70.2 cm³/mol. The summed E-state index contributed by atoms with van der Waals surface area (Å²) in [5, 5.41) is 9.33. The second-order valence-corrected chi connectivity index (χ2v) is 5.11. The van der Waals surface area contributed by atoms with Crippen LogP contribution in [0.1, 0.15) is 42.9 Å². The van der Waals surface area contributed by atoms with Gasteiger partial charge in [0.2, 0.25) is 0 Å². The summed E-state index contributed by atoms with van der Waals surface area (Å²) >= 11 is 0. The van der Waals surface area contributed by atoms with Gasteiger partial charge in [-0.05, 0) is 37.3 Å². The zero-order valence-electron chi connectivity index (χ0n) is 10.9. The van der Waals surface area contributed by atoms with Crippen molar-refractivity contribution in [2.45, 2.75) is 40.0 Å². The van der Waals surface area contributed by atoms with E-state index in [0.717, 1.165) is 16.7 Å². The Balaban J connectivity index is 3.22. The number of carboxylic acid groups (broad SMARTS) is 1. The van der Waals surface area contributed by atoms with E-state index < -0.39 is 11.9 Å². The first-order valence-corrected chi connectivity index (χ1v) is 5.92. The van der Waals surface area contributed by atoms with Crippen molar-refractivity contribution in [3.8, 4) is 0 Å². The average Bonchev–Trinajstić information content (AvgIpc) is 2.19. The highest BCUT2D eigenvalue weighted by molar-refractivity contribution is 5.79. The fourth-order valence-electron chi connectivity index (χ4n) is 2.13. The fraction of sp³-hybridized carbons (Fsp3) is 0.500. The number of aryl methyl sites for hydroxylation is 2. The van der Waals surface area contributed by atoms with Crippen LogP contribution in [0.4, 0.5) is 5.69 Å². The normalized spacial score (nSPS) is 12.8. The van der Waals surface area contributed by atoms with Crippen molar-refractivity contribution in [1.29, 1.82) is 0 Å². The number of carbonyl (C=O) groups is 1. The number of aliphatic carboxylic acids is 1. The summed E-state index contributed by atoms with van der Waals surface area (Å²) in [6, 6.07) is 3.87. The molecule has 1 atom stereocenters. The predicted octanol–water partition coefficient (Wildman–Crippen LogP) is 3.10. The first-order valence-electron chi connectivity index (χ1n) is 5.92. The summed E-state index contributed by atoms with van der Waals surface area (Å²) in [7, 11) is 0. The zero-order chi connectivity index (χ0) is 13.2. The number of hydrogen-bond acceptors (Lipinski definition) is 2. The highest BCUT2D eigenvalue weighted by Gasteiger charge is 2.24. The summed E-state index contributed by atoms with van der Waals surface area (Å²) in [5.41, 5.74) is 9.38. The van der Waals surface area contributed by atoms with Crippen LogP contribution in [0.2, 0.25) is 0 Å². The third kappa shape index (κ3) is 3.22. The number of benzene rings is 1. The lowest BCUT2D eigenvalue weighted by Crippen LogP contribution is -2.16. The van der Waals surface area contributed by atoms with Crippen LogP contribution < -0.4 is 5.73 Å². The monoisotopic (exact) mass is 235 g/mol. The molecule has 0 fully saturated rings. The smallest absolute Gasteiger partial charge is 0.311 e. The molecule has 0 saturated heterocycles. The number of rotatable bonds is 4. The van der Waals surface area contributed by atoms with Gasteiger partial charge in [-0.1, -0.05) is 31.5 Å². The van der Waals surface area contributed by atoms with Crippen molar-refractivity contribution in [2.75, 3.05) is 5.73 Å². The summed E-state index contributed by atoms with van der Waals surface area (Å²) in [5.74, 6) is -0.972. The summed E-state index contributed by atoms with van der Waals surface area (Å²) < 4.78 is 0. The molecule has 1 aromatic carbocycles. The quantitative estimate of drug-likeness (QED) is 0.788. The molecule has 0 spiro atoms. The second-order valence-electron chi connectivity index (χ2n) is 5.11. The molecule has 0 aliphatic heterocycles. The van der Waals surface area contributed by atoms with Crippen LogP contribution in [0.15, 0.2) is 12.1 Å². The maximum Gasteiger partial charge on any atom is 0.311 e. The molecule has 94 valence electrons. The van der Waals surface area contributed by atoms with E-state index in [1.54, 1.807) is 0 Å². The van der Waals surface area contributed by atoms with Gasteiger partial charge in [-0.2, -0.15) is 0 Å². The van der Waals surface area contributed by atoms with E-state index >= 15 is 0 Å². The van der Waals surface area contributed by atoms with E-state index in [0.29, 0.717) is 18.0 Å². The van der Waals surface area contributed by atoms with Crippen LogP contribution in [0.3, 0.4) is 0 Å². The highest BCUT2D eigenvalue weighted by Crippen LogP contribution is 2.31. The van der Waals surface area contributed by atoms with Gasteiger partial charge in [0.1, 0.15) is 0 Å². The molecule has 0 aliphatic rings. The number of nitrogen functional groups attached to an aromatic ring is 1. The van der Waals surface area contributed by atoms with Crippen LogP contribution in [0, 0.1) is 19.8 Å². The lowest BCUT2D eigenvalue weighted by atomic mass is 9.87. The minimum absolute atomic E-state index is 0.330. The Labute approximate surface area is 103 Å². The Hall–Kier alpha value is -1.51. The summed E-state index contributed by atoms with van der Waals surface area (Å²) in [4.78, 5) is 11.4. The molecule has 1 rings (SSSR count). The van der Waals surface area contributed by atoms with Gasteiger partial charge in [-0.15, -0.1) is 0 Å². The van der Waals surface area contributed by atoms with Crippen LogP contribution in [-0.2, 0) is 4.79 Å². The highest BCUT2D eigenvalue weighted by atomic mass is 16.4. The first-order chi connectivity index (χ1) is 7.82. The maximum absolute atomic E-state index is 11.4. The molecule has 17 heavy (non-hydrogen) atoms. The van der Waals surface area contributed by atoms with Crippen molar-refractivity contribution in [3.63, 3.8) is 0 Å². The van der Waals surface area contributed by atoms with E-state index in [-0.39, 0.29) is 0 Å². The SMILES string of the molecule is Cc1cc(C)c(N)c(C(CC(C)C)C(=O)O)c1. The van der Waals surface area contributed by atoms with Crippen LogP contribution >= 0.6 is 0 Å². The van der Waals surface area contributed by atoms with Crippen LogP contribution in [-0.4, -0.2) is 11.1 Å². The lowest BCUT2D eigenvalue weighted by Gasteiger charge is -2.19. The lowest BCUT2D eigenvalue weighted by molar-refractivity contribution is -0.139. The third-order valence-corrected chi connectivity index (χ3v) is 2.94. The van der Waals surface area contributed by atoms with E-state index in [1.165, 1.54) is 0 Å². The van der Waals surface area contributed by atoms with Crippen molar-refractivity contribution >= 4 is 11.7 Å². The van der Waals surface area contributed by atoms with Crippen LogP contribution in [0.5, 0.6) is 0 Å². The second kappa shape index (κ2) is 5.21. The van der Waals surface area contributed by atoms with Gasteiger partial charge in [0.25, 0.3) is 0 Å². The van der Waals surface area contributed by atoms with Gasteiger partial charge in [-0.25, -0.2) is 0 Å². The molecule has 0 bridgehead atoms. The molecule has 3 heteroatoms. The van der Waals surface area contributed by atoms with Crippen molar-refractivity contribution in [1.82, 2.24) is 0 Å². The molecule has 0 saturated carbocycles. The van der Waals surface area contributed by atoms with E-state index in [9.17, 15) is 9.90 Å². The molecular weight excluding hydrogens is 214 g/mol. The molecule has 3 nitrogen and oxygen atoms in total. The molecule has 0 heterocycles. The Bertz CT molecular complexity index is 424. The first kappa shape index (κ1) is 13.6. The average molecular weight is 235 g/mol. The van der Waals surface area contributed by atoms with Gasteiger partial charge in [0.15, 0.2) is 0 Å². The van der Waals surface area contributed by atoms with Crippen molar-refractivity contribution < 1.29 is 9.90 Å². The largest absolute Gasteiger partial charge is 0.481 e. The molecular formula is C14H21NO2. The van der Waals surface area contributed by atoms with Gasteiger partial charge in [0.05, 0.1) is 5.92 Å². The molecule has 0 radical (unpaired) electrons. The van der Waals surface area contributed by atoms with E-state index in [4.69, 9.17) is 5.73 Å². The minimum Gasteiger partial charge on any atom is -0.481 e. The van der Waals surface area contributed by atoms with Crippen molar-refractivity contribution in [2.24, 2.45) is 5.92 Å². The molecule has 1 unspecified atom stereocenters. The topological polar surface area (TPSA) is 63.3 Å². The number of anilines is 1. The number of hydrogen-bond donors (Lipinski definition) is 2. The van der Waals surface area contributed by atoms with E-state index in [1.807, 2.05) is 39.8 Å². The van der Waals surface area contributed by atoms with Crippen molar-refractivity contribution in [3.05, 3.63) is 28.8 Å². The number of carboxylic acids is 1. The Morgan fingerprint density at radius 3 is 2.41 bits per heavy atom. The van der Waals surface area contributed by atoms with Gasteiger partial charge in [-0.3, -0.25) is 4.79 Å². The standard InChI is InChI=1S/C14H21NO2/c1-8(2)5-12(14(16)17)11-7-9(3)6-10(4)13(11)15/h6-8,12H,5,15H2,1-4H3,(H,16,17). The van der Waals surface area contributed by atoms with Gasteiger partial charge >= 0.3 is 5.97 Å². The summed E-state index contributed by atoms with van der Waals surface area (Å²) in [6.45, 7) is 7.92. The van der Waals surface area contributed by atoms with Gasteiger partial charge < -0.3 is 10.8 Å². The zero-order valence-corrected chi connectivity index (χ0v) is 10.9. The molecule has 0 aliphatic carbocycles. The van der Waals surface area contributed by atoms with Gasteiger partial charge in [0, 0.05) is 5.69 Å². The fourth-order valence-corrected chi connectivity index (χ4v) is 2.13. The molecule has 1 aromatic rings. The van der Waals surface area contributed by atoms with Crippen LogP contribution in [0.25, 0.3) is 0 Å². The minimum atomic E-state index is -0.796. The maximum atomic E-state index is 11.4. The Morgan fingerprint density at radius 1 is 1.35 bits per heavy atom. The number of nitrogens with two attached hydrogens (primary N) is 1. The molecule has 0 aromatic heterocycles.